The monoisotopic (exact) mass is 438 g/mol. The Hall–Kier alpha value is -4.31. The Morgan fingerprint density at radius 3 is 2.59 bits per heavy atom. The first-order valence-corrected chi connectivity index (χ1v) is 10.5. The molecule has 0 aromatic carbocycles. The molecule has 0 saturated carbocycles. The summed E-state index contributed by atoms with van der Waals surface area (Å²) >= 11 is 1.43. The predicted octanol–water partition coefficient (Wildman–Crippen LogP) is 4.28. The number of carbonyl (C=O) groups excluding carboxylic acids is 1. The van der Waals surface area contributed by atoms with Crippen molar-refractivity contribution in [3.05, 3.63) is 60.3 Å². The van der Waals surface area contributed by atoms with E-state index in [2.05, 4.69) is 30.1 Å². The summed E-state index contributed by atoms with van der Waals surface area (Å²) in [5.74, 6) is 0.621. The summed E-state index contributed by atoms with van der Waals surface area (Å²) in [6, 6.07) is 7.57. The van der Waals surface area contributed by atoms with E-state index in [0.29, 0.717) is 21.9 Å². The average Bonchev–Trinajstić information content (AvgIpc) is 3.56. The van der Waals surface area contributed by atoms with Crippen molar-refractivity contribution < 1.29 is 4.79 Å². The zero-order chi connectivity index (χ0) is 21.7. The molecular weight excluding hydrogens is 424 g/mol. The second kappa shape index (κ2) is 7.13. The number of hydrogen-bond donors (Lipinski definition) is 2. The largest absolute Gasteiger partial charge is 0.335 e. The van der Waals surface area contributed by atoms with Gasteiger partial charge >= 0.3 is 0 Å². The fourth-order valence-electron chi connectivity index (χ4n) is 3.55. The first-order valence-electron chi connectivity index (χ1n) is 9.73. The quantitative estimate of drug-likeness (QED) is 0.393. The molecule has 0 unspecified atom stereocenters. The summed E-state index contributed by atoms with van der Waals surface area (Å²) in [5.41, 5.74) is 6.05. The van der Waals surface area contributed by atoms with E-state index in [9.17, 15) is 4.79 Å². The minimum atomic E-state index is 0.0396. The van der Waals surface area contributed by atoms with Gasteiger partial charge in [-0.2, -0.15) is 5.10 Å². The van der Waals surface area contributed by atoms with Gasteiger partial charge in [0.05, 0.1) is 27.8 Å². The van der Waals surface area contributed by atoms with E-state index in [4.69, 9.17) is 9.97 Å². The van der Waals surface area contributed by atoms with Gasteiger partial charge in [0.25, 0.3) is 0 Å². The second-order valence-electron chi connectivity index (χ2n) is 7.18. The van der Waals surface area contributed by atoms with E-state index in [-0.39, 0.29) is 5.78 Å². The average molecular weight is 438 g/mol. The molecule has 0 spiro atoms. The van der Waals surface area contributed by atoms with Crippen LogP contribution in [-0.2, 0) is 0 Å². The van der Waals surface area contributed by atoms with Gasteiger partial charge in [-0.15, -0.1) is 11.3 Å². The lowest BCUT2D eigenvalue weighted by molar-refractivity contribution is 0.102. The number of ketones is 1. The van der Waals surface area contributed by atoms with Crippen LogP contribution >= 0.6 is 11.3 Å². The number of thiophene rings is 1. The molecule has 32 heavy (non-hydrogen) atoms. The number of Topliss-reactive ketones (excluding diaryl/α,β-unsaturated/α-hetero) is 1. The number of aromatic nitrogens is 8. The molecule has 0 aliphatic rings. The van der Waals surface area contributed by atoms with E-state index in [1.165, 1.54) is 17.7 Å². The van der Waals surface area contributed by atoms with Crippen LogP contribution in [0.1, 0.15) is 16.6 Å². The Balaban J connectivity index is 1.49. The number of nitrogens with one attached hydrogen (secondary N) is 2. The van der Waals surface area contributed by atoms with Crippen LogP contribution in [0.3, 0.4) is 0 Å². The molecule has 0 fully saturated rings. The predicted molar refractivity (Wildman–Crippen MR) is 121 cm³/mol. The fraction of sp³-hybridized carbons (Fsp3) is 0.0455. The highest BCUT2D eigenvalue weighted by Gasteiger charge is 2.18. The SMILES string of the molecule is CC(=O)c1ccc(-c2cncc3[nH]c(-c4n[nH]c5ccc(-c6cncnc6)nc45)nc23)s1. The minimum Gasteiger partial charge on any atom is -0.335 e. The van der Waals surface area contributed by atoms with Crippen molar-refractivity contribution in [2.75, 3.05) is 0 Å². The van der Waals surface area contributed by atoms with Gasteiger partial charge in [-0.1, -0.05) is 0 Å². The van der Waals surface area contributed by atoms with Gasteiger partial charge in [0.1, 0.15) is 17.4 Å². The van der Waals surface area contributed by atoms with Crippen molar-refractivity contribution in [1.29, 1.82) is 0 Å². The summed E-state index contributed by atoms with van der Waals surface area (Å²) in [4.78, 5) is 38.7. The summed E-state index contributed by atoms with van der Waals surface area (Å²) < 4.78 is 0. The van der Waals surface area contributed by atoms with Crippen molar-refractivity contribution in [3.8, 4) is 33.2 Å². The Kier molecular flexibility index (Phi) is 4.12. The van der Waals surface area contributed by atoms with Gasteiger partial charge in [0, 0.05) is 34.6 Å². The number of fused-ring (bicyclic) bond motifs is 2. The highest BCUT2D eigenvalue weighted by atomic mass is 32.1. The van der Waals surface area contributed by atoms with Crippen molar-refractivity contribution in [2.45, 2.75) is 6.92 Å². The molecule has 6 heterocycles. The maximum Gasteiger partial charge on any atom is 0.169 e. The number of aromatic amines is 2. The van der Waals surface area contributed by atoms with Crippen molar-refractivity contribution in [2.24, 2.45) is 0 Å². The van der Waals surface area contributed by atoms with Gasteiger partial charge in [0.15, 0.2) is 17.3 Å². The third kappa shape index (κ3) is 2.96. The Morgan fingerprint density at radius 2 is 1.78 bits per heavy atom. The van der Waals surface area contributed by atoms with Gasteiger partial charge in [-0.25, -0.2) is 19.9 Å². The lowest BCUT2D eigenvalue weighted by atomic mass is 10.2. The molecular formula is C22H14N8OS. The van der Waals surface area contributed by atoms with Crippen molar-refractivity contribution >= 4 is 39.2 Å². The van der Waals surface area contributed by atoms with Crippen molar-refractivity contribution in [1.82, 2.24) is 40.1 Å². The van der Waals surface area contributed by atoms with Gasteiger partial charge in [0.2, 0.25) is 0 Å². The van der Waals surface area contributed by atoms with E-state index in [0.717, 1.165) is 38.2 Å². The number of nitrogens with zero attached hydrogens (tertiary/aromatic N) is 6. The Bertz CT molecular complexity index is 1620. The Morgan fingerprint density at radius 1 is 0.906 bits per heavy atom. The maximum absolute atomic E-state index is 11.7. The smallest absolute Gasteiger partial charge is 0.169 e. The maximum atomic E-state index is 11.7. The summed E-state index contributed by atoms with van der Waals surface area (Å²) in [7, 11) is 0. The number of rotatable bonds is 4. The van der Waals surface area contributed by atoms with Crippen LogP contribution in [-0.4, -0.2) is 45.9 Å². The van der Waals surface area contributed by atoms with Gasteiger partial charge in [-0.3, -0.25) is 14.9 Å². The van der Waals surface area contributed by atoms with Crippen LogP contribution in [0.15, 0.2) is 55.4 Å². The highest BCUT2D eigenvalue weighted by Crippen LogP contribution is 2.34. The molecule has 0 saturated heterocycles. The van der Waals surface area contributed by atoms with Crippen LogP contribution in [0, 0.1) is 0 Å². The molecule has 6 aromatic heterocycles. The molecule has 0 aliphatic heterocycles. The zero-order valence-electron chi connectivity index (χ0n) is 16.7. The van der Waals surface area contributed by atoms with Crippen molar-refractivity contribution in [3.63, 3.8) is 0 Å². The molecule has 6 rings (SSSR count). The standard InChI is InChI=1S/C22H14N8OS/c1-11(31)17-4-5-18(32-17)13-8-23-9-16-19(13)28-22(27-16)21-20-15(29-30-21)3-2-14(26-20)12-6-24-10-25-7-12/h2-10H,1H3,(H,27,28)(H,29,30). The molecule has 0 atom stereocenters. The fourth-order valence-corrected chi connectivity index (χ4v) is 4.47. The lowest BCUT2D eigenvalue weighted by Crippen LogP contribution is -1.88. The number of hydrogen-bond acceptors (Lipinski definition) is 8. The summed E-state index contributed by atoms with van der Waals surface area (Å²) in [6.45, 7) is 1.56. The van der Waals surface area contributed by atoms with E-state index in [1.54, 1.807) is 31.7 Å². The molecule has 6 aromatic rings. The summed E-state index contributed by atoms with van der Waals surface area (Å²) in [6.07, 6.45) is 8.41. The Labute approximate surface area is 184 Å². The molecule has 154 valence electrons. The topological polar surface area (TPSA) is 126 Å². The molecule has 0 aliphatic carbocycles. The molecule has 0 amide bonds. The highest BCUT2D eigenvalue weighted by molar-refractivity contribution is 7.17. The molecule has 0 bridgehead atoms. The van der Waals surface area contributed by atoms with E-state index < -0.39 is 0 Å². The van der Waals surface area contributed by atoms with Gasteiger partial charge < -0.3 is 4.98 Å². The minimum absolute atomic E-state index is 0.0396. The number of carbonyl (C=O) groups is 1. The third-order valence-corrected chi connectivity index (χ3v) is 6.32. The van der Waals surface area contributed by atoms with Crippen LogP contribution in [0.2, 0.25) is 0 Å². The van der Waals surface area contributed by atoms with E-state index in [1.807, 2.05) is 24.3 Å². The van der Waals surface area contributed by atoms with Crippen LogP contribution < -0.4 is 0 Å². The normalized spacial score (nSPS) is 11.4. The lowest BCUT2D eigenvalue weighted by Gasteiger charge is -2.00. The van der Waals surface area contributed by atoms with Crippen LogP contribution in [0.4, 0.5) is 0 Å². The number of pyridine rings is 2. The van der Waals surface area contributed by atoms with Crippen LogP contribution in [0.5, 0.6) is 0 Å². The first kappa shape index (κ1) is 18.5. The third-order valence-electron chi connectivity index (χ3n) is 5.10. The second-order valence-corrected chi connectivity index (χ2v) is 8.26. The molecule has 2 N–H and O–H groups in total. The molecule has 0 radical (unpaired) electrons. The first-order chi connectivity index (χ1) is 15.7. The van der Waals surface area contributed by atoms with Crippen LogP contribution in [0.25, 0.3) is 55.3 Å². The summed E-state index contributed by atoms with van der Waals surface area (Å²) in [5, 5.41) is 7.47. The molecule has 10 heteroatoms. The molecule has 9 nitrogen and oxygen atoms in total. The number of imidazole rings is 1. The number of H-pyrrole nitrogens is 2. The van der Waals surface area contributed by atoms with Gasteiger partial charge in [-0.05, 0) is 31.2 Å². The zero-order valence-corrected chi connectivity index (χ0v) is 17.5. The van der Waals surface area contributed by atoms with E-state index >= 15 is 0 Å².